The van der Waals surface area contributed by atoms with Gasteiger partial charge in [0, 0.05) is 36.3 Å². The van der Waals surface area contributed by atoms with Gasteiger partial charge in [0.2, 0.25) is 0 Å². The molecule has 0 atom stereocenters. The van der Waals surface area contributed by atoms with Gasteiger partial charge in [-0.1, -0.05) is 0 Å². The Bertz CT molecular complexity index is 720. The van der Waals surface area contributed by atoms with Crippen LogP contribution in [0.2, 0.25) is 0 Å². The Labute approximate surface area is 104 Å². The molecular formula is C13H13N5. The molecule has 4 rings (SSSR count). The summed E-state index contributed by atoms with van der Waals surface area (Å²) in [6, 6.07) is 3.99. The normalized spacial score (nSPS) is 15.4. The number of aromatic nitrogens is 5. The predicted molar refractivity (Wildman–Crippen MR) is 68.1 cm³/mol. The minimum atomic E-state index is 0.611. The summed E-state index contributed by atoms with van der Waals surface area (Å²) in [5.74, 6) is 2.51. The van der Waals surface area contributed by atoms with E-state index in [9.17, 15) is 0 Å². The lowest BCUT2D eigenvalue weighted by Gasteiger charge is -1.96. The van der Waals surface area contributed by atoms with Crippen LogP contribution in [0.5, 0.6) is 0 Å². The highest BCUT2D eigenvalue weighted by Crippen LogP contribution is 2.39. The molecule has 0 spiro atoms. The summed E-state index contributed by atoms with van der Waals surface area (Å²) in [4.78, 5) is 12.1. The fourth-order valence-electron chi connectivity index (χ4n) is 2.36. The molecule has 0 aromatic carbocycles. The van der Waals surface area contributed by atoms with Crippen LogP contribution in [0.3, 0.4) is 0 Å². The third-order valence-electron chi connectivity index (χ3n) is 3.44. The summed E-state index contributed by atoms with van der Waals surface area (Å²) < 4.78 is 1.91. The van der Waals surface area contributed by atoms with E-state index < -0.39 is 0 Å². The molecule has 1 N–H and O–H groups in total. The van der Waals surface area contributed by atoms with Crippen molar-refractivity contribution < 1.29 is 0 Å². The zero-order valence-corrected chi connectivity index (χ0v) is 10.1. The van der Waals surface area contributed by atoms with Crippen LogP contribution in [0.4, 0.5) is 0 Å². The monoisotopic (exact) mass is 239 g/mol. The van der Waals surface area contributed by atoms with Crippen molar-refractivity contribution in [3.05, 3.63) is 30.4 Å². The third kappa shape index (κ3) is 1.37. The average molecular weight is 239 g/mol. The molecule has 0 amide bonds. The summed E-state index contributed by atoms with van der Waals surface area (Å²) in [6.45, 7) is 0. The van der Waals surface area contributed by atoms with Crippen molar-refractivity contribution in [1.29, 1.82) is 0 Å². The van der Waals surface area contributed by atoms with Crippen molar-refractivity contribution in [1.82, 2.24) is 24.7 Å². The fraction of sp³-hybridized carbons (Fsp3) is 0.308. The molecule has 3 aromatic heterocycles. The van der Waals surface area contributed by atoms with E-state index in [0.29, 0.717) is 5.92 Å². The lowest BCUT2D eigenvalue weighted by molar-refractivity contribution is 0.705. The van der Waals surface area contributed by atoms with Crippen molar-refractivity contribution in [2.45, 2.75) is 18.8 Å². The Kier molecular flexibility index (Phi) is 1.86. The first-order valence-corrected chi connectivity index (χ1v) is 6.16. The average Bonchev–Trinajstić information content (AvgIpc) is 2.97. The molecule has 0 aliphatic heterocycles. The lowest BCUT2D eigenvalue weighted by Crippen LogP contribution is -1.96. The fourth-order valence-corrected chi connectivity index (χ4v) is 2.36. The van der Waals surface area contributed by atoms with Gasteiger partial charge in [-0.05, 0) is 25.0 Å². The van der Waals surface area contributed by atoms with Crippen LogP contribution in [0.1, 0.15) is 24.6 Å². The molecule has 1 saturated carbocycles. The number of hydrogen-bond donors (Lipinski definition) is 1. The topological polar surface area (TPSA) is 59.4 Å². The van der Waals surface area contributed by atoms with Gasteiger partial charge in [-0.15, -0.1) is 0 Å². The summed E-state index contributed by atoms with van der Waals surface area (Å²) >= 11 is 0. The number of hydrogen-bond acceptors (Lipinski definition) is 3. The third-order valence-corrected chi connectivity index (χ3v) is 3.44. The van der Waals surface area contributed by atoms with Gasteiger partial charge in [-0.25, -0.2) is 9.97 Å². The van der Waals surface area contributed by atoms with Crippen molar-refractivity contribution in [2.24, 2.45) is 7.05 Å². The van der Waals surface area contributed by atoms with E-state index >= 15 is 0 Å². The first-order chi connectivity index (χ1) is 8.83. The number of rotatable bonds is 2. The van der Waals surface area contributed by atoms with Gasteiger partial charge < -0.3 is 4.98 Å². The Morgan fingerprint density at radius 3 is 3.06 bits per heavy atom. The molecule has 1 aliphatic carbocycles. The largest absolute Gasteiger partial charge is 0.346 e. The lowest BCUT2D eigenvalue weighted by atomic mass is 10.2. The Morgan fingerprint density at radius 1 is 1.33 bits per heavy atom. The molecule has 0 radical (unpaired) electrons. The van der Waals surface area contributed by atoms with E-state index in [4.69, 9.17) is 0 Å². The minimum absolute atomic E-state index is 0.611. The van der Waals surface area contributed by atoms with Gasteiger partial charge >= 0.3 is 0 Å². The predicted octanol–water partition coefficient (Wildman–Crippen LogP) is 2.24. The first kappa shape index (κ1) is 9.82. The smallest absolute Gasteiger partial charge is 0.182 e. The molecule has 0 bridgehead atoms. The van der Waals surface area contributed by atoms with Crippen LogP contribution in [0.25, 0.3) is 22.4 Å². The van der Waals surface area contributed by atoms with Gasteiger partial charge in [0.05, 0.1) is 0 Å². The van der Waals surface area contributed by atoms with E-state index in [1.807, 2.05) is 30.1 Å². The van der Waals surface area contributed by atoms with Gasteiger partial charge in [0.1, 0.15) is 11.5 Å². The van der Waals surface area contributed by atoms with Gasteiger partial charge in [0.15, 0.2) is 5.82 Å². The molecule has 3 aromatic rings. The number of H-pyrrole nitrogens is 1. The van der Waals surface area contributed by atoms with E-state index in [1.165, 1.54) is 12.8 Å². The molecule has 1 fully saturated rings. The van der Waals surface area contributed by atoms with Gasteiger partial charge in [-0.2, -0.15) is 5.10 Å². The van der Waals surface area contributed by atoms with Crippen LogP contribution < -0.4 is 0 Å². The maximum absolute atomic E-state index is 4.68. The van der Waals surface area contributed by atoms with Crippen LogP contribution in [0.15, 0.2) is 24.5 Å². The van der Waals surface area contributed by atoms with Crippen LogP contribution in [-0.2, 0) is 7.05 Å². The van der Waals surface area contributed by atoms with Crippen molar-refractivity contribution in [3.63, 3.8) is 0 Å². The summed E-state index contributed by atoms with van der Waals surface area (Å²) in [7, 11) is 1.97. The summed E-state index contributed by atoms with van der Waals surface area (Å²) in [5, 5.41) is 5.61. The first-order valence-electron chi connectivity index (χ1n) is 6.16. The number of pyridine rings is 1. The summed E-state index contributed by atoms with van der Waals surface area (Å²) in [6.07, 6.45) is 6.16. The highest BCUT2D eigenvalue weighted by atomic mass is 15.3. The quantitative estimate of drug-likeness (QED) is 0.746. The Balaban J connectivity index is 1.91. The Hall–Kier alpha value is -2.17. The maximum Gasteiger partial charge on any atom is 0.182 e. The molecule has 5 heteroatoms. The summed E-state index contributed by atoms with van der Waals surface area (Å²) in [5.41, 5.74) is 1.93. The number of aryl methyl sites for hydroxylation is 1. The van der Waals surface area contributed by atoms with Crippen LogP contribution >= 0.6 is 0 Å². The Morgan fingerprint density at radius 2 is 2.22 bits per heavy atom. The molecule has 90 valence electrons. The molecule has 0 unspecified atom stereocenters. The second-order valence-corrected chi connectivity index (χ2v) is 4.79. The highest BCUT2D eigenvalue weighted by molar-refractivity contribution is 5.90. The zero-order chi connectivity index (χ0) is 12.1. The van der Waals surface area contributed by atoms with Crippen molar-refractivity contribution >= 4 is 11.0 Å². The second kappa shape index (κ2) is 3.41. The van der Waals surface area contributed by atoms with E-state index in [-0.39, 0.29) is 0 Å². The standard InChI is InChI=1S/C13H13N5/c1-18-13(8-2-3-8)16-12(17-18)10-5-7-15-11-9(10)4-6-14-11/h4-8H,2-3H2,1H3,(H,14,15). The highest BCUT2D eigenvalue weighted by Gasteiger charge is 2.29. The number of aromatic amines is 1. The SMILES string of the molecule is Cn1nc(-c2ccnc3[nH]ccc23)nc1C1CC1. The van der Waals surface area contributed by atoms with Gasteiger partial charge in [0.25, 0.3) is 0 Å². The van der Waals surface area contributed by atoms with Gasteiger partial charge in [-0.3, -0.25) is 4.68 Å². The molecular weight excluding hydrogens is 226 g/mol. The number of nitrogens with one attached hydrogen (secondary N) is 1. The zero-order valence-electron chi connectivity index (χ0n) is 10.1. The van der Waals surface area contributed by atoms with Crippen LogP contribution in [-0.4, -0.2) is 24.7 Å². The van der Waals surface area contributed by atoms with E-state index in [2.05, 4.69) is 20.1 Å². The van der Waals surface area contributed by atoms with E-state index in [1.54, 1.807) is 6.20 Å². The molecule has 1 aliphatic rings. The molecule has 3 heterocycles. The minimum Gasteiger partial charge on any atom is -0.346 e. The maximum atomic E-state index is 4.68. The van der Waals surface area contributed by atoms with Crippen LogP contribution in [0, 0.1) is 0 Å². The number of fused-ring (bicyclic) bond motifs is 1. The molecule has 0 saturated heterocycles. The van der Waals surface area contributed by atoms with Crippen molar-refractivity contribution in [3.8, 4) is 11.4 Å². The van der Waals surface area contributed by atoms with Crippen molar-refractivity contribution in [2.75, 3.05) is 0 Å². The number of nitrogens with zero attached hydrogens (tertiary/aromatic N) is 4. The second-order valence-electron chi connectivity index (χ2n) is 4.79. The molecule has 5 nitrogen and oxygen atoms in total. The molecule has 18 heavy (non-hydrogen) atoms. The van der Waals surface area contributed by atoms with E-state index in [0.717, 1.165) is 28.2 Å².